The minimum atomic E-state index is -0.0116. The predicted molar refractivity (Wildman–Crippen MR) is 101 cm³/mol. The van der Waals surface area contributed by atoms with E-state index in [2.05, 4.69) is 13.8 Å². The largest absolute Gasteiger partial charge is 0.392 e. The van der Waals surface area contributed by atoms with Crippen LogP contribution < -0.4 is 0 Å². The van der Waals surface area contributed by atoms with Crippen molar-refractivity contribution in [2.45, 2.75) is 61.0 Å². The number of rotatable bonds is 7. The van der Waals surface area contributed by atoms with Gasteiger partial charge >= 0.3 is 0 Å². The summed E-state index contributed by atoms with van der Waals surface area (Å²) in [6.07, 6.45) is 5.31. The van der Waals surface area contributed by atoms with E-state index < -0.39 is 0 Å². The summed E-state index contributed by atoms with van der Waals surface area (Å²) in [6.45, 7) is 13.7. The van der Waals surface area contributed by atoms with Gasteiger partial charge in [0.25, 0.3) is 0 Å². The molecule has 0 saturated carbocycles. The lowest BCUT2D eigenvalue weighted by molar-refractivity contribution is -0.126. The van der Waals surface area contributed by atoms with Crippen LogP contribution in [0.25, 0.3) is 6.08 Å². The molecule has 0 atom stereocenters. The van der Waals surface area contributed by atoms with Gasteiger partial charge in [0.05, 0.1) is 6.61 Å². The Labute approximate surface area is 143 Å². The summed E-state index contributed by atoms with van der Waals surface area (Å²) in [5, 5.41) is 9.23. The molecule has 1 rings (SSSR count). The summed E-state index contributed by atoms with van der Waals surface area (Å²) in [4.78, 5) is 13.9. The summed E-state index contributed by atoms with van der Waals surface area (Å²) >= 11 is 0. The SMILES string of the molecule is CC.CC.CCCN(CCC)C(=O)/C=C/c1ccccc1CO. The Morgan fingerprint density at radius 3 is 2.04 bits per heavy atom. The summed E-state index contributed by atoms with van der Waals surface area (Å²) in [7, 11) is 0. The molecule has 0 fully saturated rings. The number of nitrogens with zero attached hydrogens (tertiary/aromatic N) is 1. The van der Waals surface area contributed by atoms with Crippen molar-refractivity contribution < 1.29 is 9.90 Å². The second kappa shape index (κ2) is 16.8. The van der Waals surface area contributed by atoms with Crippen molar-refractivity contribution in [3.05, 3.63) is 41.5 Å². The van der Waals surface area contributed by atoms with E-state index in [1.54, 1.807) is 12.2 Å². The molecule has 23 heavy (non-hydrogen) atoms. The maximum absolute atomic E-state index is 12.1. The fourth-order valence-electron chi connectivity index (χ4n) is 1.98. The second-order valence-corrected chi connectivity index (χ2v) is 4.52. The number of carbonyl (C=O) groups excluding carboxylic acids is 1. The molecule has 0 aliphatic heterocycles. The van der Waals surface area contributed by atoms with Crippen molar-refractivity contribution >= 4 is 12.0 Å². The molecule has 3 nitrogen and oxygen atoms in total. The van der Waals surface area contributed by atoms with E-state index in [-0.39, 0.29) is 12.5 Å². The lowest BCUT2D eigenvalue weighted by Crippen LogP contribution is -2.30. The molecular formula is C20H35NO2. The van der Waals surface area contributed by atoms with Gasteiger partial charge in [-0.3, -0.25) is 4.79 Å². The molecule has 132 valence electrons. The Hall–Kier alpha value is -1.61. The van der Waals surface area contributed by atoms with E-state index in [0.717, 1.165) is 37.1 Å². The van der Waals surface area contributed by atoms with Gasteiger partial charge in [-0.05, 0) is 30.0 Å². The van der Waals surface area contributed by atoms with Crippen LogP contribution in [-0.2, 0) is 11.4 Å². The molecule has 1 N–H and O–H groups in total. The zero-order chi connectivity index (χ0) is 18.1. The average Bonchev–Trinajstić information content (AvgIpc) is 2.63. The Bertz CT molecular complexity index is 421. The van der Waals surface area contributed by atoms with Gasteiger partial charge in [-0.1, -0.05) is 65.8 Å². The Balaban J connectivity index is 0. The van der Waals surface area contributed by atoms with Crippen molar-refractivity contribution in [2.24, 2.45) is 0 Å². The molecule has 1 amide bonds. The normalized spacial score (nSPS) is 9.52. The molecular weight excluding hydrogens is 286 g/mol. The lowest BCUT2D eigenvalue weighted by Gasteiger charge is -2.19. The fourth-order valence-corrected chi connectivity index (χ4v) is 1.98. The third kappa shape index (κ3) is 9.90. The first-order valence-electron chi connectivity index (χ1n) is 8.88. The van der Waals surface area contributed by atoms with Crippen LogP contribution in [0.3, 0.4) is 0 Å². The zero-order valence-electron chi connectivity index (χ0n) is 15.8. The van der Waals surface area contributed by atoms with Crippen LogP contribution in [0.4, 0.5) is 0 Å². The third-order valence-electron chi connectivity index (χ3n) is 2.93. The summed E-state index contributed by atoms with van der Waals surface area (Å²) in [5.41, 5.74) is 1.73. The van der Waals surface area contributed by atoms with Crippen LogP contribution in [-0.4, -0.2) is 29.0 Å². The number of amides is 1. The maximum atomic E-state index is 12.1. The van der Waals surface area contributed by atoms with Crippen LogP contribution >= 0.6 is 0 Å². The molecule has 0 saturated heterocycles. The van der Waals surface area contributed by atoms with E-state index in [1.165, 1.54) is 0 Å². The minimum Gasteiger partial charge on any atom is -0.392 e. The van der Waals surface area contributed by atoms with Crippen LogP contribution in [0.5, 0.6) is 0 Å². The van der Waals surface area contributed by atoms with E-state index in [9.17, 15) is 9.90 Å². The lowest BCUT2D eigenvalue weighted by atomic mass is 10.1. The molecule has 1 aromatic carbocycles. The molecule has 1 aromatic rings. The summed E-state index contributed by atoms with van der Waals surface area (Å²) < 4.78 is 0. The van der Waals surface area contributed by atoms with Gasteiger partial charge in [0.15, 0.2) is 0 Å². The molecule has 0 spiro atoms. The van der Waals surface area contributed by atoms with E-state index >= 15 is 0 Å². The number of aliphatic hydroxyl groups is 1. The van der Waals surface area contributed by atoms with E-state index in [4.69, 9.17) is 0 Å². The van der Waals surface area contributed by atoms with Crippen molar-refractivity contribution in [3.8, 4) is 0 Å². The number of aliphatic hydroxyl groups excluding tert-OH is 1. The average molecular weight is 322 g/mol. The molecule has 0 radical (unpaired) electrons. The van der Waals surface area contributed by atoms with Crippen LogP contribution in [0.2, 0.25) is 0 Å². The van der Waals surface area contributed by atoms with Gasteiger partial charge < -0.3 is 10.0 Å². The number of carbonyl (C=O) groups is 1. The monoisotopic (exact) mass is 321 g/mol. The second-order valence-electron chi connectivity index (χ2n) is 4.52. The van der Waals surface area contributed by atoms with Gasteiger partial charge in [-0.15, -0.1) is 0 Å². The van der Waals surface area contributed by atoms with Crippen molar-refractivity contribution in [1.29, 1.82) is 0 Å². The molecule has 0 heterocycles. The zero-order valence-corrected chi connectivity index (χ0v) is 15.8. The first kappa shape index (κ1) is 23.7. The first-order chi connectivity index (χ1) is 11.2. The molecule has 3 heteroatoms. The topological polar surface area (TPSA) is 40.5 Å². The van der Waals surface area contributed by atoms with Gasteiger partial charge in [0.1, 0.15) is 0 Å². The molecule has 0 bridgehead atoms. The van der Waals surface area contributed by atoms with Crippen LogP contribution in [0, 0.1) is 0 Å². The third-order valence-corrected chi connectivity index (χ3v) is 2.93. The number of hydrogen-bond acceptors (Lipinski definition) is 2. The van der Waals surface area contributed by atoms with Crippen LogP contribution in [0.1, 0.15) is 65.5 Å². The standard InChI is InChI=1S/C16H23NO2.2C2H6/c1-3-11-17(12-4-2)16(19)10-9-14-7-5-6-8-15(14)13-18;2*1-2/h5-10,18H,3-4,11-13H2,1-2H3;2*1-2H3/b10-9+;;. The van der Waals surface area contributed by atoms with Crippen LogP contribution in [0.15, 0.2) is 30.3 Å². The molecule has 0 aromatic heterocycles. The molecule has 0 aliphatic carbocycles. The summed E-state index contributed by atoms with van der Waals surface area (Å²) in [6, 6.07) is 7.55. The highest BCUT2D eigenvalue weighted by atomic mass is 16.3. The Morgan fingerprint density at radius 1 is 1.04 bits per heavy atom. The smallest absolute Gasteiger partial charge is 0.246 e. The van der Waals surface area contributed by atoms with Gasteiger partial charge in [-0.2, -0.15) is 0 Å². The predicted octanol–water partition coefficient (Wildman–Crippen LogP) is 4.89. The van der Waals surface area contributed by atoms with Gasteiger partial charge in [0.2, 0.25) is 5.91 Å². The van der Waals surface area contributed by atoms with Crippen molar-refractivity contribution in [1.82, 2.24) is 4.90 Å². The van der Waals surface area contributed by atoms with E-state index in [0.29, 0.717) is 0 Å². The maximum Gasteiger partial charge on any atom is 0.246 e. The van der Waals surface area contributed by atoms with Crippen molar-refractivity contribution in [2.75, 3.05) is 13.1 Å². The van der Waals surface area contributed by atoms with Gasteiger partial charge in [0, 0.05) is 19.2 Å². The highest BCUT2D eigenvalue weighted by molar-refractivity contribution is 5.92. The highest BCUT2D eigenvalue weighted by Gasteiger charge is 2.08. The molecule has 0 aliphatic rings. The number of benzene rings is 1. The Morgan fingerprint density at radius 2 is 1.57 bits per heavy atom. The van der Waals surface area contributed by atoms with Crippen molar-refractivity contribution in [3.63, 3.8) is 0 Å². The highest BCUT2D eigenvalue weighted by Crippen LogP contribution is 2.11. The van der Waals surface area contributed by atoms with Gasteiger partial charge in [-0.25, -0.2) is 0 Å². The molecule has 0 unspecified atom stereocenters. The Kier molecular flexibility index (Phi) is 17.2. The first-order valence-corrected chi connectivity index (χ1v) is 8.88. The fraction of sp³-hybridized carbons (Fsp3) is 0.550. The summed E-state index contributed by atoms with van der Waals surface area (Å²) in [5.74, 6) is 0.0384. The quantitative estimate of drug-likeness (QED) is 0.726. The number of hydrogen-bond donors (Lipinski definition) is 1. The van der Waals surface area contributed by atoms with E-state index in [1.807, 2.05) is 56.9 Å². The minimum absolute atomic E-state index is 0.0116.